The quantitative estimate of drug-likeness (QED) is 0.617. The summed E-state index contributed by atoms with van der Waals surface area (Å²) in [6.45, 7) is 5.69. The molecule has 0 atom stereocenters. The Labute approximate surface area is 151 Å². The summed E-state index contributed by atoms with van der Waals surface area (Å²) in [6.07, 6.45) is 0.949. The van der Waals surface area contributed by atoms with E-state index in [4.69, 9.17) is 0 Å². The number of likely N-dealkylation sites (N-methyl/N-ethyl adjacent to an activating group) is 1. The first-order valence-corrected chi connectivity index (χ1v) is 9.71. The number of aromatic amines is 1. The van der Waals surface area contributed by atoms with E-state index in [-0.39, 0.29) is 0 Å². The molecule has 0 radical (unpaired) electrons. The van der Waals surface area contributed by atoms with Crippen LogP contribution in [-0.2, 0) is 13.0 Å². The second-order valence-corrected chi connectivity index (χ2v) is 7.77. The van der Waals surface area contributed by atoms with Crippen molar-refractivity contribution in [3.63, 3.8) is 0 Å². The highest BCUT2D eigenvalue weighted by Gasteiger charge is 2.26. The SMILES string of the molecule is CN1CCN(Cc2ccc3c(c2)Cc2c-3n[nH]c2-c2cscn2)CC1. The molecule has 2 aliphatic rings. The van der Waals surface area contributed by atoms with Crippen molar-refractivity contribution in [2.24, 2.45) is 0 Å². The molecule has 3 heterocycles. The Morgan fingerprint density at radius 2 is 2.08 bits per heavy atom. The van der Waals surface area contributed by atoms with E-state index >= 15 is 0 Å². The Balaban J connectivity index is 1.39. The van der Waals surface area contributed by atoms with Crippen molar-refractivity contribution in [3.8, 4) is 22.6 Å². The van der Waals surface area contributed by atoms with Crippen molar-refractivity contribution in [1.82, 2.24) is 25.0 Å². The normalized spacial score (nSPS) is 17.6. The molecule has 0 amide bonds. The third-order valence-corrected chi connectivity index (χ3v) is 5.94. The average molecular weight is 351 g/mol. The van der Waals surface area contributed by atoms with Crippen molar-refractivity contribution in [2.45, 2.75) is 13.0 Å². The fourth-order valence-corrected chi connectivity index (χ4v) is 4.43. The number of benzene rings is 1. The first-order chi connectivity index (χ1) is 12.3. The highest BCUT2D eigenvalue weighted by atomic mass is 32.1. The van der Waals surface area contributed by atoms with Gasteiger partial charge < -0.3 is 4.90 Å². The van der Waals surface area contributed by atoms with Crippen LogP contribution >= 0.6 is 11.3 Å². The van der Waals surface area contributed by atoms with Gasteiger partial charge in [-0.25, -0.2) is 4.98 Å². The highest BCUT2D eigenvalue weighted by molar-refractivity contribution is 7.07. The lowest BCUT2D eigenvalue weighted by atomic mass is 10.0. The Morgan fingerprint density at radius 1 is 1.20 bits per heavy atom. The molecule has 3 aromatic rings. The zero-order valence-corrected chi connectivity index (χ0v) is 15.1. The van der Waals surface area contributed by atoms with E-state index in [1.54, 1.807) is 11.3 Å². The van der Waals surface area contributed by atoms with Crippen molar-refractivity contribution in [3.05, 3.63) is 45.8 Å². The fourth-order valence-electron chi connectivity index (χ4n) is 3.89. The number of hydrogen-bond donors (Lipinski definition) is 1. The maximum atomic E-state index is 4.57. The first-order valence-electron chi connectivity index (χ1n) is 8.77. The van der Waals surface area contributed by atoms with Crippen LogP contribution in [0.1, 0.15) is 16.7 Å². The highest BCUT2D eigenvalue weighted by Crippen LogP contribution is 2.40. The van der Waals surface area contributed by atoms with Gasteiger partial charge in [0.05, 0.1) is 22.6 Å². The molecule has 1 fully saturated rings. The Bertz CT molecular complexity index is 891. The molecule has 1 saturated heterocycles. The predicted octanol–water partition coefficient (Wildman–Crippen LogP) is 2.85. The van der Waals surface area contributed by atoms with Gasteiger partial charge in [-0.15, -0.1) is 11.3 Å². The number of H-pyrrole nitrogens is 1. The number of piperazine rings is 1. The molecular weight excluding hydrogens is 330 g/mol. The molecule has 0 spiro atoms. The van der Waals surface area contributed by atoms with Crippen molar-refractivity contribution in [1.29, 1.82) is 0 Å². The van der Waals surface area contributed by atoms with Gasteiger partial charge in [-0.1, -0.05) is 18.2 Å². The van der Waals surface area contributed by atoms with Crippen molar-refractivity contribution < 1.29 is 0 Å². The summed E-state index contributed by atoms with van der Waals surface area (Å²) in [4.78, 5) is 9.39. The smallest absolute Gasteiger partial charge is 0.0992 e. The van der Waals surface area contributed by atoms with Crippen LogP contribution in [0.2, 0.25) is 0 Å². The minimum atomic E-state index is 0.949. The average Bonchev–Trinajstić information content (AvgIpc) is 3.32. The molecule has 1 N–H and O–H groups in total. The number of nitrogens with zero attached hydrogens (tertiary/aromatic N) is 4. The number of thiazole rings is 1. The molecule has 0 saturated carbocycles. The molecule has 5 rings (SSSR count). The third kappa shape index (κ3) is 2.70. The topological polar surface area (TPSA) is 48.0 Å². The minimum Gasteiger partial charge on any atom is -0.304 e. The standard InChI is InChI=1S/C19H21N5S/c1-23-4-6-24(7-5-23)10-13-2-3-15-14(8-13)9-16-18(15)21-22-19(16)17-11-25-12-20-17/h2-3,8,11-12H,4-7,9-10H2,1H3,(H,21,22). The van der Waals surface area contributed by atoms with E-state index in [0.29, 0.717) is 0 Å². The molecule has 1 aromatic carbocycles. The van der Waals surface area contributed by atoms with Crippen LogP contribution in [0.4, 0.5) is 0 Å². The zero-order valence-electron chi connectivity index (χ0n) is 14.3. The van der Waals surface area contributed by atoms with E-state index in [2.05, 4.69) is 55.6 Å². The predicted molar refractivity (Wildman–Crippen MR) is 101 cm³/mol. The molecule has 25 heavy (non-hydrogen) atoms. The maximum absolute atomic E-state index is 4.57. The summed E-state index contributed by atoms with van der Waals surface area (Å²) in [6, 6.07) is 6.89. The van der Waals surface area contributed by atoms with Crippen LogP contribution in [0.15, 0.2) is 29.1 Å². The second kappa shape index (κ2) is 6.05. The minimum absolute atomic E-state index is 0.949. The summed E-state index contributed by atoms with van der Waals surface area (Å²) >= 11 is 1.62. The molecule has 2 aromatic heterocycles. The first kappa shape index (κ1) is 15.3. The van der Waals surface area contributed by atoms with Crippen LogP contribution < -0.4 is 0 Å². The van der Waals surface area contributed by atoms with E-state index in [1.807, 2.05) is 5.51 Å². The summed E-state index contributed by atoms with van der Waals surface area (Å²) in [5.41, 5.74) is 10.4. The molecule has 128 valence electrons. The van der Waals surface area contributed by atoms with E-state index < -0.39 is 0 Å². The molecule has 1 aliphatic carbocycles. The summed E-state index contributed by atoms with van der Waals surface area (Å²) in [5.74, 6) is 0. The van der Waals surface area contributed by atoms with Gasteiger partial charge in [0.2, 0.25) is 0 Å². The Hall–Kier alpha value is -2.02. The zero-order chi connectivity index (χ0) is 16.8. The van der Waals surface area contributed by atoms with Crippen LogP contribution in [0.25, 0.3) is 22.6 Å². The van der Waals surface area contributed by atoms with Gasteiger partial charge in [0, 0.05) is 55.7 Å². The van der Waals surface area contributed by atoms with Gasteiger partial charge in [0.1, 0.15) is 0 Å². The molecule has 5 nitrogen and oxygen atoms in total. The number of aromatic nitrogens is 3. The van der Waals surface area contributed by atoms with Gasteiger partial charge in [-0.2, -0.15) is 5.10 Å². The van der Waals surface area contributed by atoms with Gasteiger partial charge in [-0.05, 0) is 18.2 Å². The van der Waals surface area contributed by atoms with Gasteiger partial charge >= 0.3 is 0 Å². The van der Waals surface area contributed by atoms with E-state index in [1.165, 1.54) is 22.3 Å². The van der Waals surface area contributed by atoms with Crippen LogP contribution in [0, 0.1) is 0 Å². The van der Waals surface area contributed by atoms with Gasteiger partial charge in [-0.3, -0.25) is 10.00 Å². The molecule has 1 aliphatic heterocycles. The van der Waals surface area contributed by atoms with E-state index in [9.17, 15) is 0 Å². The lowest BCUT2D eigenvalue weighted by Gasteiger charge is -2.32. The van der Waals surface area contributed by atoms with Crippen molar-refractivity contribution in [2.75, 3.05) is 33.2 Å². The summed E-state index contributed by atoms with van der Waals surface area (Å²) in [5, 5.41) is 9.84. The van der Waals surface area contributed by atoms with E-state index in [0.717, 1.165) is 56.2 Å². The molecule has 0 unspecified atom stereocenters. The number of hydrogen-bond acceptors (Lipinski definition) is 5. The summed E-state index contributed by atoms with van der Waals surface area (Å²) < 4.78 is 0. The number of nitrogens with one attached hydrogen (secondary N) is 1. The molecular formula is C19H21N5S. The van der Waals surface area contributed by atoms with Gasteiger partial charge in [0.15, 0.2) is 0 Å². The van der Waals surface area contributed by atoms with Crippen LogP contribution in [0.3, 0.4) is 0 Å². The largest absolute Gasteiger partial charge is 0.304 e. The third-order valence-electron chi connectivity index (χ3n) is 5.35. The maximum Gasteiger partial charge on any atom is 0.0992 e. The lowest BCUT2D eigenvalue weighted by molar-refractivity contribution is 0.148. The number of rotatable bonds is 3. The van der Waals surface area contributed by atoms with Crippen molar-refractivity contribution >= 4 is 11.3 Å². The monoisotopic (exact) mass is 351 g/mol. The molecule has 0 bridgehead atoms. The Kier molecular flexibility index (Phi) is 3.69. The van der Waals surface area contributed by atoms with Crippen LogP contribution in [0.5, 0.6) is 0 Å². The van der Waals surface area contributed by atoms with Gasteiger partial charge in [0.25, 0.3) is 0 Å². The summed E-state index contributed by atoms with van der Waals surface area (Å²) in [7, 11) is 2.20. The second-order valence-electron chi connectivity index (χ2n) is 7.05. The van der Waals surface area contributed by atoms with Crippen LogP contribution in [-0.4, -0.2) is 58.2 Å². The Morgan fingerprint density at radius 3 is 2.88 bits per heavy atom. The fraction of sp³-hybridized carbons (Fsp3) is 0.368. The lowest BCUT2D eigenvalue weighted by Crippen LogP contribution is -2.43. The number of fused-ring (bicyclic) bond motifs is 3. The molecule has 6 heteroatoms.